The summed E-state index contributed by atoms with van der Waals surface area (Å²) in [6.45, 7) is 1.78. The predicted octanol–water partition coefficient (Wildman–Crippen LogP) is 2.61. The highest BCUT2D eigenvalue weighted by atomic mass is 19.4. The smallest absolute Gasteiger partial charge is 0.391 e. The van der Waals surface area contributed by atoms with Crippen molar-refractivity contribution in [3.63, 3.8) is 0 Å². The van der Waals surface area contributed by atoms with Gasteiger partial charge in [0, 0.05) is 12.2 Å². The summed E-state index contributed by atoms with van der Waals surface area (Å²) in [5, 5.41) is 9.96. The highest BCUT2D eigenvalue weighted by Crippen LogP contribution is 2.40. The standard InChI is InChI=1S/C17H18F3N3O2/c1-10-14(22-9-21-10)7-16(25)23-8-11(24)6-15(23)12-4-2-3-5-13(12)17(18,19)20/h2-5,9,11,15,24H,6-8H2,1H3,(H,21,22)/t11-,15-/m0/s1. The lowest BCUT2D eigenvalue weighted by atomic mass is 9.97. The molecular weight excluding hydrogens is 335 g/mol. The number of rotatable bonds is 3. The Morgan fingerprint density at radius 1 is 1.40 bits per heavy atom. The van der Waals surface area contributed by atoms with E-state index in [0.717, 1.165) is 11.8 Å². The number of nitrogens with one attached hydrogen (secondary N) is 1. The molecule has 0 spiro atoms. The van der Waals surface area contributed by atoms with Crippen LogP contribution >= 0.6 is 0 Å². The van der Waals surface area contributed by atoms with Crippen molar-refractivity contribution in [3.05, 3.63) is 53.1 Å². The number of likely N-dealkylation sites (tertiary alicyclic amines) is 1. The van der Waals surface area contributed by atoms with Crippen molar-refractivity contribution in [1.29, 1.82) is 0 Å². The molecule has 0 bridgehead atoms. The molecule has 5 nitrogen and oxygen atoms in total. The number of hydrogen-bond donors (Lipinski definition) is 2. The summed E-state index contributed by atoms with van der Waals surface area (Å²) in [7, 11) is 0. The van der Waals surface area contributed by atoms with Gasteiger partial charge < -0.3 is 15.0 Å². The number of nitrogens with zero attached hydrogens (tertiary/aromatic N) is 2. The molecule has 1 aliphatic rings. The van der Waals surface area contributed by atoms with Crippen LogP contribution in [-0.2, 0) is 17.4 Å². The quantitative estimate of drug-likeness (QED) is 0.891. The van der Waals surface area contributed by atoms with E-state index >= 15 is 0 Å². The lowest BCUT2D eigenvalue weighted by Crippen LogP contribution is -2.34. The minimum atomic E-state index is -4.52. The van der Waals surface area contributed by atoms with Crippen molar-refractivity contribution < 1.29 is 23.1 Å². The van der Waals surface area contributed by atoms with Gasteiger partial charge in [0.05, 0.1) is 36.2 Å². The Balaban J connectivity index is 1.90. The van der Waals surface area contributed by atoms with Crippen LogP contribution in [0.3, 0.4) is 0 Å². The molecule has 0 unspecified atom stereocenters. The molecule has 2 heterocycles. The average Bonchev–Trinajstić information content (AvgIpc) is 3.13. The Morgan fingerprint density at radius 2 is 2.12 bits per heavy atom. The molecule has 0 radical (unpaired) electrons. The summed E-state index contributed by atoms with van der Waals surface area (Å²) in [5.74, 6) is -0.353. The number of aliphatic hydroxyl groups is 1. The zero-order valence-corrected chi connectivity index (χ0v) is 13.5. The van der Waals surface area contributed by atoms with Crippen molar-refractivity contribution in [2.75, 3.05) is 6.54 Å². The third-order valence-corrected chi connectivity index (χ3v) is 4.48. The van der Waals surface area contributed by atoms with E-state index < -0.39 is 23.9 Å². The van der Waals surface area contributed by atoms with E-state index in [1.54, 1.807) is 6.92 Å². The lowest BCUT2D eigenvalue weighted by molar-refractivity contribution is -0.140. The molecule has 1 aliphatic heterocycles. The largest absolute Gasteiger partial charge is 0.416 e. The zero-order chi connectivity index (χ0) is 18.2. The summed E-state index contributed by atoms with van der Waals surface area (Å²) in [4.78, 5) is 20.9. The fraction of sp³-hybridized carbons (Fsp3) is 0.412. The first-order chi connectivity index (χ1) is 11.8. The molecule has 2 atom stereocenters. The van der Waals surface area contributed by atoms with Gasteiger partial charge in [-0.1, -0.05) is 18.2 Å². The molecule has 1 saturated heterocycles. The fourth-order valence-corrected chi connectivity index (χ4v) is 3.24. The molecule has 1 aromatic carbocycles. The second kappa shape index (κ2) is 6.51. The van der Waals surface area contributed by atoms with Crippen LogP contribution in [0.15, 0.2) is 30.6 Å². The molecule has 25 heavy (non-hydrogen) atoms. The van der Waals surface area contributed by atoms with Gasteiger partial charge in [-0.2, -0.15) is 13.2 Å². The van der Waals surface area contributed by atoms with Crippen LogP contribution in [0.4, 0.5) is 13.2 Å². The number of benzene rings is 1. The van der Waals surface area contributed by atoms with Gasteiger partial charge in [-0.25, -0.2) is 4.98 Å². The number of aromatic nitrogens is 2. The van der Waals surface area contributed by atoms with Crippen LogP contribution in [-0.4, -0.2) is 38.5 Å². The van der Waals surface area contributed by atoms with Crippen molar-refractivity contribution >= 4 is 5.91 Å². The molecule has 2 N–H and O–H groups in total. The Morgan fingerprint density at radius 3 is 2.76 bits per heavy atom. The predicted molar refractivity (Wildman–Crippen MR) is 83.6 cm³/mol. The Bertz CT molecular complexity index is 772. The summed E-state index contributed by atoms with van der Waals surface area (Å²) >= 11 is 0. The van der Waals surface area contributed by atoms with E-state index in [0.29, 0.717) is 5.69 Å². The van der Waals surface area contributed by atoms with Gasteiger partial charge in [-0.05, 0) is 25.0 Å². The second-order valence-electron chi connectivity index (χ2n) is 6.19. The van der Waals surface area contributed by atoms with Crippen LogP contribution < -0.4 is 0 Å². The number of alkyl halides is 3. The topological polar surface area (TPSA) is 69.2 Å². The van der Waals surface area contributed by atoms with Gasteiger partial charge in [-0.3, -0.25) is 4.79 Å². The van der Waals surface area contributed by atoms with E-state index in [1.165, 1.54) is 29.4 Å². The van der Waals surface area contributed by atoms with E-state index in [4.69, 9.17) is 0 Å². The van der Waals surface area contributed by atoms with E-state index in [2.05, 4.69) is 9.97 Å². The minimum Gasteiger partial charge on any atom is -0.391 e. The van der Waals surface area contributed by atoms with Gasteiger partial charge in [0.25, 0.3) is 0 Å². The fourth-order valence-electron chi connectivity index (χ4n) is 3.24. The zero-order valence-electron chi connectivity index (χ0n) is 13.5. The first kappa shape index (κ1) is 17.5. The number of H-pyrrole nitrogens is 1. The molecule has 8 heteroatoms. The third kappa shape index (κ3) is 3.53. The highest BCUT2D eigenvalue weighted by molar-refractivity contribution is 5.79. The normalized spacial score (nSPS) is 20.9. The SMILES string of the molecule is Cc1[nH]cnc1CC(=O)N1C[C@@H](O)C[C@H]1c1ccccc1C(F)(F)F. The van der Waals surface area contributed by atoms with Gasteiger partial charge >= 0.3 is 6.18 Å². The summed E-state index contributed by atoms with van der Waals surface area (Å²) in [6.07, 6.45) is -3.84. The van der Waals surface area contributed by atoms with Gasteiger partial charge in [0.15, 0.2) is 0 Å². The molecule has 3 rings (SSSR count). The minimum absolute atomic E-state index is 0.0126. The maximum atomic E-state index is 13.3. The van der Waals surface area contributed by atoms with E-state index in [1.807, 2.05) is 0 Å². The summed E-state index contributed by atoms with van der Waals surface area (Å²) in [6, 6.07) is 4.39. The number of aromatic amines is 1. The Kier molecular flexibility index (Phi) is 4.55. The van der Waals surface area contributed by atoms with Crippen LogP contribution in [0.2, 0.25) is 0 Å². The molecule has 1 amide bonds. The molecule has 134 valence electrons. The number of halogens is 3. The first-order valence-electron chi connectivity index (χ1n) is 7.90. The molecule has 1 aromatic heterocycles. The first-order valence-corrected chi connectivity index (χ1v) is 7.90. The number of imidazole rings is 1. The van der Waals surface area contributed by atoms with Crippen LogP contribution in [0, 0.1) is 6.92 Å². The lowest BCUT2D eigenvalue weighted by Gasteiger charge is -2.27. The van der Waals surface area contributed by atoms with Gasteiger partial charge in [0.2, 0.25) is 5.91 Å². The monoisotopic (exact) mass is 353 g/mol. The van der Waals surface area contributed by atoms with Crippen molar-refractivity contribution in [3.8, 4) is 0 Å². The number of carbonyl (C=O) groups excluding carboxylic acids is 1. The second-order valence-corrected chi connectivity index (χ2v) is 6.19. The molecule has 0 aliphatic carbocycles. The number of β-amino-alcohol motifs (C(OH)–C–C–N with tert-alkyl or cyclic N) is 1. The number of hydrogen-bond acceptors (Lipinski definition) is 3. The third-order valence-electron chi connectivity index (χ3n) is 4.48. The average molecular weight is 353 g/mol. The van der Waals surface area contributed by atoms with Crippen molar-refractivity contribution in [1.82, 2.24) is 14.9 Å². The Hall–Kier alpha value is -2.35. The molecule has 0 saturated carbocycles. The number of aryl methyl sites for hydroxylation is 1. The number of amides is 1. The summed E-state index contributed by atoms with van der Waals surface area (Å²) in [5.41, 5.74) is 0.524. The number of aliphatic hydroxyl groups excluding tert-OH is 1. The molecule has 1 fully saturated rings. The maximum Gasteiger partial charge on any atom is 0.416 e. The van der Waals surface area contributed by atoms with E-state index in [-0.39, 0.29) is 30.9 Å². The highest BCUT2D eigenvalue weighted by Gasteiger charge is 2.41. The van der Waals surface area contributed by atoms with Crippen LogP contribution in [0.1, 0.15) is 35.0 Å². The van der Waals surface area contributed by atoms with Gasteiger partial charge in [0.1, 0.15) is 0 Å². The molecular formula is C17H18F3N3O2. The number of carbonyl (C=O) groups is 1. The van der Waals surface area contributed by atoms with E-state index in [9.17, 15) is 23.1 Å². The maximum absolute atomic E-state index is 13.3. The van der Waals surface area contributed by atoms with Crippen molar-refractivity contribution in [2.45, 2.75) is 38.1 Å². The van der Waals surface area contributed by atoms with Crippen molar-refractivity contribution in [2.24, 2.45) is 0 Å². The summed E-state index contributed by atoms with van der Waals surface area (Å²) < 4.78 is 39.9. The van der Waals surface area contributed by atoms with Crippen LogP contribution in [0.5, 0.6) is 0 Å². The van der Waals surface area contributed by atoms with Gasteiger partial charge in [-0.15, -0.1) is 0 Å². The molecule has 2 aromatic rings. The Labute approximate surface area is 142 Å². The van der Waals surface area contributed by atoms with Crippen LogP contribution in [0.25, 0.3) is 0 Å².